The molecule has 0 spiro atoms. The van der Waals surface area contributed by atoms with Crippen LogP contribution in [0.3, 0.4) is 0 Å². The van der Waals surface area contributed by atoms with Gasteiger partial charge in [-0.1, -0.05) is 27.7 Å². The molecule has 0 rings (SSSR count). The Morgan fingerprint density at radius 2 is 1.11 bits per heavy atom. The smallest absolute Gasteiger partial charge is 0.336 e. The summed E-state index contributed by atoms with van der Waals surface area (Å²) < 4.78 is 10.2. The monoisotopic (exact) mass is 262 g/mol. The molecule has 0 aliphatic rings. The van der Waals surface area contributed by atoms with Gasteiger partial charge in [0.05, 0.1) is 13.2 Å². The van der Waals surface area contributed by atoms with E-state index in [1.54, 1.807) is 0 Å². The normalized spacial score (nSPS) is 14.8. The zero-order chi connectivity index (χ0) is 14.3. The summed E-state index contributed by atoms with van der Waals surface area (Å²) in [6.07, 6.45) is -2.97. The first kappa shape index (κ1) is 16.9. The van der Waals surface area contributed by atoms with Crippen molar-refractivity contribution < 1.29 is 29.3 Å². The molecular weight excluding hydrogens is 240 g/mol. The minimum absolute atomic E-state index is 0.117. The number of carbonyl (C=O) groups is 2. The fourth-order valence-electron chi connectivity index (χ4n) is 1.17. The molecule has 0 amide bonds. The molecule has 6 heteroatoms. The molecule has 2 atom stereocenters. The third-order valence-electron chi connectivity index (χ3n) is 1.98. The molecule has 0 aromatic carbocycles. The first-order chi connectivity index (χ1) is 8.25. The average Bonchev–Trinajstić information content (AvgIpc) is 2.20. The van der Waals surface area contributed by atoms with Crippen LogP contribution in [0.1, 0.15) is 27.7 Å². The van der Waals surface area contributed by atoms with E-state index in [9.17, 15) is 9.59 Å². The minimum Gasteiger partial charge on any atom is -0.479 e. The van der Waals surface area contributed by atoms with Crippen LogP contribution in [-0.4, -0.2) is 47.6 Å². The van der Waals surface area contributed by atoms with Crippen molar-refractivity contribution in [1.29, 1.82) is 0 Å². The predicted octanol–water partition coefficient (Wildman–Crippen LogP) is 1.24. The van der Waals surface area contributed by atoms with Crippen LogP contribution in [0.25, 0.3) is 0 Å². The number of aliphatic carboxylic acids is 2. The molecule has 0 aromatic rings. The van der Waals surface area contributed by atoms with Crippen molar-refractivity contribution in [3.05, 3.63) is 0 Å². The largest absolute Gasteiger partial charge is 0.479 e. The second-order valence-corrected chi connectivity index (χ2v) is 4.97. The first-order valence-corrected chi connectivity index (χ1v) is 5.94. The van der Waals surface area contributed by atoms with E-state index in [-0.39, 0.29) is 25.0 Å². The number of hydrogen-bond acceptors (Lipinski definition) is 4. The standard InChI is InChI=1S/C12H22O6/c1-7(2)5-17-9(11(13)14)10(12(15)16)18-6-8(3)4/h7-10H,5-6H2,1-4H3,(H,13,14)(H,15,16). The lowest BCUT2D eigenvalue weighted by atomic mass is 10.1. The highest BCUT2D eigenvalue weighted by molar-refractivity contribution is 5.83. The molecule has 0 bridgehead atoms. The SMILES string of the molecule is CC(C)COC(C(=O)O)C(OCC(C)C)C(=O)O. The summed E-state index contributed by atoms with van der Waals surface area (Å²) in [6, 6.07) is 0. The van der Waals surface area contributed by atoms with Gasteiger partial charge in [-0.3, -0.25) is 0 Å². The van der Waals surface area contributed by atoms with E-state index >= 15 is 0 Å². The van der Waals surface area contributed by atoms with E-state index in [4.69, 9.17) is 19.7 Å². The molecule has 0 saturated heterocycles. The highest BCUT2D eigenvalue weighted by Crippen LogP contribution is 2.10. The second kappa shape index (κ2) is 8.05. The number of carboxylic acids is 2. The van der Waals surface area contributed by atoms with Crippen LogP contribution in [0.4, 0.5) is 0 Å². The number of carboxylic acid groups (broad SMARTS) is 2. The van der Waals surface area contributed by atoms with Crippen LogP contribution in [0.2, 0.25) is 0 Å². The Hall–Kier alpha value is -1.14. The molecule has 0 radical (unpaired) electrons. The van der Waals surface area contributed by atoms with Gasteiger partial charge in [-0.25, -0.2) is 9.59 Å². The zero-order valence-corrected chi connectivity index (χ0v) is 11.3. The average molecular weight is 262 g/mol. The Morgan fingerprint density at radius 3 is 1.28 bits per heavy atom. The number of ether oxygens (including phenoxy) is 2. The van der Waals surface area contributed by atoms with Crippen LogP contribution in [0, 0.1) is 11.8 Å². The lowest BCUT2D eigenvalue weighted by molar-refractivity contribution is -0.178. The lowest BCUT2D eigenvalue weighted by Gasteiger charge is -2.22. The Morgan fingerprint density at radius 1 is 0.833 bits per heavy atom. The van der Waals surface area contributed by atoms with Gasteiger partial charge in [-0.05, 0) is 11.8 Å². The lowest BCUT2D eigenvalue weighted by Crippen LogP contribution is -2.44. The van der Waals surface area contributed by atoms with Crippen molar-refractivity contribution >= 4 is 11.9 Å². The highest BCUT2D eigenvalue weighted by atomic mass is 16.6. The molecule has 0 aromatic heterocycles. The second-order valence-electron chi connectivity index (χ2n) is 4.97. The van der Waals surface area contributed by atoms with E-state index in [0.717, 1.165) is 0 Å². The van der Waals surface area contributed by atoms with Crippen LogP contribution < -0.4 is 0 Å². The number of rotatable bonds is 9. The van der Waals surface area contributed by atoms with Crippen LogP contribution >= 0.6 is 0 Å². The fraction of sp³-hybridized carbons (Fsp3) is 0.833. The maximum atomic E-state index is 11.0. The third kappa shape index (κ3) is 6.56. The molecule has 0 aliphatic carbocycles. The van der Waals surface area contributed by atoms with Crippen molar-refractivity contribution in [2.75, 3.05) is 13.2 Å². The molecule has 0 aliphatic heterocycles. The van der Waals surface area contributed by atoms with Gasteiger partial charge in [0.25, 0.3) is 0 Å². The van der Waals surface area contributed by atoms with Gasteiger partial charge in [-0.15, -0.1) is 0 Å². The van der Waals surface area contributed by atoms with E-state index < -0.39 is 24.1 Å². The molecule has 0 saturated carbocycles. The molecule has 106 valence electrons. The van der Waals surface area contributed by atoms with Crippen LogP contribution in [-0.2, 0) is 19.1 Å². The van der Waals surface area contributed by atoms with Gasteiger partial charge in [0.15, 0.2) is 12.2 Å². The van der Waals surface area contributed by atoms with Gasteiger partial charge >= 0.3 is 11.9 Å². The van der Waals surface area contributed by atoms with E-state index in [1.165, 1.54) is 0 Å². The Bertz CT molecular complexity index is 246. The van der Waals surface area contributed by atoms with E-state index in [1.807, 2.05) is 27.7 Å². The van der Waals surface area contributed by atoms with Crippen molar-refractivity contribution in [3.8, 4) is 0 Å². The highest BCUT2D eigenvalue weighted by Gasteiger charge is 2.36. The molecule has 2 unspecified atom stereocenters. The predicted molar refractivity (Wildman–Crippen MR) is 64.4 cm³/mol. The molecule has 0 fully saturated rings. The van der Waals surface area contributed by atoms with Gasteiger partial charge < -0.3 is 19.7 Å². The quantitative estimate of drug-likeness (QED) is 0.649. The topological polar surface area (TPSA) is 93.1 Å². The molecule has 6 nitrogen and oxygen atoms in total. The summed E-state index contributed by atoms with van der Waals surface area (Å²) in [7, 11) is 0. The van der Waals surface area contributed by atoms with Gasteiger partial charge in [0, 0.05) is 0 Å². The Labute approximate surface area is 107 Å². The van der Waals surface area contributed by atoms with E-state index in [2.05, 4.69) is 0 Å². The Balaban J connectivity index is 4.66. The summed E-state index contributed by atoms with van der Waals surface area (Å²) in [5.74, 6) is -2.42. The van der Waals surface area contributed by atoms with Gasteiger partial charge in [-0.2, -0.15) is 0 Å². The van der Waals surface area contributed by atoms with Gasteiger partial charge in [0.2, 0.25) is 0 Å². The molecule has 2 N–H and O–H groups in total. The van der Waals surface area contributed by atoms with Crippen LogP contribution in [0.5, 0.6) is 0 Å². The van der Waals surface area contributed by atoms with Crippen molar-refractivity contribution in [2.45, 2.75) is 39.9 Å². The van der Waals surface area contributed by atoms with Crippen molar-refractivity contribution in [3.63, 3.8) is 0 Å². The number of hydrogen-bond donors (Lipinski definition) is 2. The Kier molecular flexibility index (Phi) is 7.54. The summed E-state index contributed by atoms with van der Waals surface area (Å²) >= 11 is 0. The maximum Gasteiger partial charge on any atom is 0.336 e. The van der Waals surface area contributed by atoms with Crippen molar-refractivity contribution in [1.82, 2.24) is 0 Å². The minimum atomic E-state index is -1.48. The molecular formula is C12H22O6. The third-order valence-corrected chi connectivity index (χ3v) is 1.98. The van der Waals surface area contributed by atoms with Gasteiger partial charge in [0.1, 0.15) is 0 Å². The van der Waals surface area contributed by atoms with E-state index in [0.29, 0.717) is 0 Å². The summed E-state index contributed by atoms with van der Waals surface area (Å²) in [4.78, 5) is 22.1. The summed E-state index contributed by atoms with van der Waals surface area (Å²) in [5, 5.41) is 18.0. The summed E-state index contributed by atoms with van der Waals surface area (Å²) in [5.41, 5.74) is 0. The fourth-order valence-corrected chi connectivity index (χ4v) is 1.17. The van der Waals surface area contributed by atoms with Crippen LogP contribution in [0.15, 0.2) is 0 Å². The molecule has 18 heavy (non-hydrogen) atoms. The van der Waals surface area contributed by atoms with Crippen molar-refractivity contribution in [2.24, 2.45) is 11.8 Å². The summed E-state index contributed by atoms with van der Waals surface area (Å²) in [6.45, 7) is 7.75. The molecule has 0 heterocycles. The zero-order valence-electron chi connectivity index (χ0n) is 11.3. The first-order valence-electron chi connectivity index (χ1n) is 5.94. The maximum absolute atomic E-state index is 11.0.